The quantitative estimate of drug-likeness (QED) is 0.544. The molecule has 0 radical (unpaired) electrons. The van der Waals surface area contributed by atoms with E-state index in [1.165, 1.54) is 42.0 Å². The molecule has 8 nitrogen and oxygen atoms in total. The predicted octanol–water partition coefficient (Wildman–Crippen LogP) is 1.88. The Balaban J connectivity index is 2.26. The standard InChI is InChI=1S/C18H18N2O6S3/c1-12-4-6-13(7-5-12)29(24,25)19-18-20(11-17(21)26-2)15-9-8-14(28(3,22)23)10-16(15)27-18/h4-10H,11H2,1-3H3/b19-18-. The van der Waals surface area contributed by atoms with Gasteiger partial charge in [-0.05, 0) is 37.3 Å². The van der Waals surface area contributed by atoms with E-state index in [0.29, 0.717) is 10.2 Å². The summed E-state index contributed by atoms with van der Waals surface area (Å²) in [5.74, 6) is -0.592. The minimum atomic E-state index is -4.04. The Hall–Kier alpha value is -2.50. The Labute approximate surface area is 172 Å². The van der Waals surface area contributed by atoms with Crippen LogP contribution in [0.25, 0.3) is 10.2 Å². The number of aryl methyl sites for hydroxylation is 1. The number of thiazole rings is 1. The van der Waals surface area contributed by atoms with Crippen LogP contribution in [0.5, 0.6) is 0 Å². The molecule has 154 valence electrons. The summed E-state index contributed by atoms with van der Waals surface area (Å²) in [4.78, 5) is 12.0. The number of ether oxygens (including phenoxy) is 1. The average Bonchev–Trinajstić information content (AvgIpc) is 2.97. The van der Waals surface area contributed by atoms with Crippen molar-refractivity contribution in [1.29, 1.82) is 0 Å². The van der Waals surface area contributed by atoms with Gasteiger partial charge in [0.05, 0.1) is 27.1 Å². The summed E-state index contributed by atoms with van der Waals surface area (Å²) >= 11 is 0.976. The summed E-state index contributed by atoms with van der Waals surface area (Å²) in [5, 5.41) is 0. The lowest BCUT2D eigenvalue weighted by Crippen LogP contribution is -2.22. The molecule has 2 aromatic carbocycles. The fourth-order valence-corrected chi connectivity index (χ4v) is 5.56. The lowest BCUT2D eigenvalue weighted by molar-refractivity contribution is -0.141. The Morgan fingerprint density at radius 2 is 1.69 bits per heavy atom. The first-order valence-electron chi connectivity index (χ1n) is 8.29. The molecule has 1 heterocycles. The van der Waals surface area contributed by atoms with E-state index in [4.69, 9.17) is 4.74 Å². The highest BCUT2D eigenvalue weighted by atomic mass is 32.2. The molecule has 0 bridgehead atoms. The number of sulfone groups is 1. The number of sulfonamides is 1. The van der Waals surface area contributed by atoms with E-state index in [1.807, 2.05) is 6.92 Å². The zero-order chi connectivity index (χ0) is 21.4. The van der Waals surface area contributed by atoms with Crippen LogP contribution in [-0.4, -0.2) is 40.7 Å². The predicted molar refractivity (Wildman–Crippen MR) is 109 cm³/mol. The summed E-state index contributed by atoms with van der Waals surface area (Å²) in [5.41, 5.74) is 1.38. The number of methoxy groups -OCH3 is 1. The molecule has 0 saturated heterocycles. The molecule has 0 amide bonds. The van der Waals surface area contributed by atoms with Gasteiger partial charge in [-0.1, -0.05) is 29.0 Å². The monoisotopic (exact) mass is 454 g/mol. The number of carbonyl (C=O) groups is 1. The topological polar surface area (TPSA) is 112 Å². The Bertz CT molecular complexity index is 1370. The molecular weight excluding hydrogens is 436 g/mol. The molecular formula is C18H18N2O6S3. The highest BCUT2D eigenvalue weighted by Gasteiger charge is 2.17. The SMILES string of the molecule is COC(=O)Cn1/c(=N/S(=O)(=O)c2ccc(C)cc2)sc2cc(S(C)(=O)=O)ccc21. The fourth-order valence-electron chi connectivity index (χ4n) is 2.57. The number of hydrogen-bond donors (Lipinski definition) is 0. The van der Waals surface area contributed by atoms with E-state index in [-0.39, 0.29) is 21.1 Å². The smallest absolute Gasteiger partial charge is 0.325 e. The van der Waals surface area contributed by atoms with Crippen molar-refractivity contribution in [2.45, 2.75) is 23.3 Å². The van der Waals surface area contributed by atoms with Gasteiger partial charge in [-0.2, -0.15) is 8.42 Å². The van der Waals surface area contributed by atoms with Crippen LogP contribution in [0.2, 0.25) is 0 Å². The van der Waals surface area contributed by atoms with Crippen molar-refractivity contribution in [2.24, 2.45) is 4.40 Å². The van der Waals surface area contributed by atoms with Gasteiger partial charge in [0.25, 0.3) is 10.0 Å². The van der Waals surface area contributed by atoms with Crippen LogP contribution in [0.15, 0.2) is 56.7 Å². The van der Waals surface area contributed by atoms with Crippen molar-refractivity contribution in [3.63, 3.8) is 0 Å². The van der Waals surface area contributed by atoms with Crippen molar-refractivity contribution in [2.75, 3.05) is 13.4 Å². The summed E-state index contributed by atoms with van der Waals surface area (Å²) < 4.78 is 59.6. The second kappa shape index (κ2) is 7.73. The molecule has 3 rings (SSSR count). The number of nitrogens with zero attached hydrogens (tertiary/aromatic N) is 2. The van der Waals surface area contributed by atoms with Crippen LogP contribution in [0.1, 0.15) is 5.56 Å². The average molecular weight is 455 g/mol. The largest absolute Gasteiger partial charge is 0.468 e. The van der Waals surface area contributed by atoms with Crippen LogP contribution >= 0.6 is 11.3 Å². The van der Waals surface area contributed by atoms with Gasteiger partial charge in [0.2, 0.25) is 4.80 Å². The van der Waals surface area contributed by atoms with Crippen LogP contribution in [-0.2, 0) is 35.9 Å². The van der Waals surface area contributed by atoms with Gasteiger partial charge in [0.1, 0.15) is 6.54 Å². The second-order valence-electron chi connectivity index (χ2n) is 6.33. The van der Waals surface area contributed by atoms with Gasteiger partial charge in [-0.25, -0.2) is 8.42 Å². The third-order valence-corrected chi connectivity index (χ3v) is 7.66. The van der Waals surface area contributed by atoms with E-state index < -0.39 is 25.8 Å². The van der Waals surface area contributed by atoms with Gasteiger partial charge in [0, 0.05) is 6.26 Å². The minimum absolute atomic E-state index is 0.0157. The van der Waals surface area contributed by atoms with Crippen molar-refractivity contribution in [3.05, 3.63) is 52.8 Å². The van der Waals surface area contributed by atoms with Crippen LogP contribution in [0.4, 0.5) is 0 Å². The number of aromatic nitrogens is 1. The number of esters is 1. The van der Waals surface area contributed by atoms with Crippen molar-refractivity contribution in [3.8, 4) is 0 Å². The maximum Gasteiger partial charge on any atom is 0.325 e. The van der Waals surface area contributed by atoms with Crippen molar-refractivity contribution < 1.29 is 26.4 Å². The normalized spacial score (nSPS) is 13.0. The molecule has 0 unspecified atom stereocenters. The zero-order valence-corrected chi connectivity index (χ0v) is 18.3. The Kier molecular flexibility index (Phi) is 5.65. The molecule has 0 aliphatic rings. The third kappa shape index (κ3) is 4.57. The first-order chi connectivity index (χ1) is 13.5. The van der Waals surface area contributed by atoms with E-state index in [1.54, 1.807) is 12.1 Å². The van der Waals surface area contributed by atoms with Crippen LogP contribution < -0.4 is 4.80 Å². The lowest BCUT2D eigenvalue weighted by atomic mass is 10.2. The van der Waals surface area contributed by atoms with Gasteiger partial charge < -0.3 is 9.30 Å². The van der Waals surface area contributed by atoms with Gasteiger partial charge in [-0.3, -0.25) is 4.79 Å². The summed E-state index contributed by atoms with van der Waals surface area (Å²) in [6.07, 6.45) is 1.08. The Morgan fingerprint density at radius 1 is 1.07 bits per heavy atom. The molecule has 0 aliphatic heterocycles. The molecule has 0 N–H and O–H groups in total. The maximum absolute atomic E-state index is 12.7. The van der Waals surface area contributed by atoms with E-state index in [2.05, 4.69) is 4.40 Å². The molecule has 0 aliphatic carbocycles. The van der Waals surface area contributed by atoms with E-state index in [0.717, 1.165) is 23.2 Å². The second-order valence-corrected chi connectivity index (χ2v) is 11.0. The summed E-state index contributed by atoms with van der Waals surface area (Å²) in [7, 11) is -6.27. The molecule has 1 aromatic heterocycles. The first-order valence-corrected chi connectivity index (χ1v) is 12.4. The highest BCUT2D eigenvalue weighted by molar-refractivity contribution is 7.90. The number of carbonyl (C=O) groups excluding carboxylic acids is 1. The minimum Gasteiger partial charge on any atom is -0.468 e. The first kappa shape index (κ1) is 21.2. The number of fused-ring (bicyclic) bond motifs is 1. The third-order valence-electron chi connectivity index (χ3n) is 4.11. The molecule has 0 saturated carbocycles. The zero-order valence-electron chi connectivity index (χ0n) is 15.8. The van der Waals surface area contributed by atoms with E-state index >= 15 is 0 Å². The lowest BCUT2D eigenvalue weighted by Gasteiger charge is -2.05. The van der Waals surface area contributed by atoms with Gasteiger partial charge in [0.15, 0.2) is 9.84 Å². The Morgan fingerprint density at radius 3 is 2.28 bits per heavy atom. The number of rotatable bonds is 5. The number of benzene rings is 2. The highest BCUT2D eigenvalue weighted by Crippen LogP contribution is 2.23. The maximum atomic E-state index is 12.7. The molecule has 3 aromatic rings. The van der Waals surface area contributed by atoms with Crippen molar-refractivity contribution in [1.82, 2.24) is 4.57 Å². The molecule has 0 fully saturated rings. The molecule has 11 heteroatoms. The van der Waals surface area contributed by atoms with Crippen LogP contribution in [0, 0.1) is 6.92 Å². The van der Waals surface area contributed by atoms with Gasteiger partial charge >= 0.3 is 5.97 Å². The summed E-state index contributed by atoms with van der Waals surface area (Å²) in [6, 6.07) is 10.6. The van der Waals surface area contributed by atoms with E-state index in [9.17, 15) is 21.6 Å². The van der Waals surface area contributed by atoms with Gasteiger partial charge in [-0.15, -0.1) is 4.40 Å². The van der Waals surface area contributed by atoms with Crippen molar-refractivity contribution >= 4 is 47.4 Å². The van der Waals surface area contributed by atoms with Crippen LogP contribution in [0.3, 0.4) is 0 Å². The fraction of sp³-hybridized carbons (Fsp3) is 0.222. The molecule has 0 atom stereocenters. The summed E-state index contributed by atoms with van der Waals surface area (Å²) in [6.45, 7) is 1.57. The number of hydrogen-bond acceptors (Lipinski definition) is 7. The molecule has 0 spiro atoms. The molecule has 29 heavy (non-hydrogen) atoms.